The van der Waals surface area contributed by atoms with Gasteiger partial charge in [0, 0.05) is 48.5 Å². The van der Waals surface area contributed by atoms with Crippen LogP contribution in [0, 0.1) is 5.92 Å². The summed E-state index contributed by atoms with van der Waals surface area (Å²) in [5.41, 5.74) is 2.26. The zero-order valence-corrected chi connectivity index (χ0v) is 26.5. The van der Waals surface area contributed by atoms with Crippen molar-refractivity contribution in [2.24, 2.45) is 5.92 Å². The van der Waals surface area contributed by atoms with Crippen molar-refractivity contribution in [1.82, 2.24) is 38.8 Å². The van der Waals surface area contributed by atoms with E-state index in [2.05, 4.69) is 35.8 Å². The van der Waals surface area contributed by atoms with Crippen LogP contribution in [0.15, 0.2) is 49.2 Å². The molecule has 4 aromatic rings. The molecule has 2 aliphatic carbocycles. The van der Waals surface area contributed by atoms with E-state index in [1.54, 1.807) is 36.3 Å². The highest BCUT2D eigenvalue weighted by Crippen LogP contribution is 2.34. The third-order valence-corrected chi connectivity index (χ3v) is 10.3. The molecule has 12 nitrogen and oxygen atoms in total. The van der Waals surface area contributed by atoms with Crippen LogP contribution >= 0.6 is 0 Å². The molecule has 2 fully saturated rings. The van der Waals surface area contributed by atoms with Gasteiger partial charge in [-0.25, -0.2) is 40.9 Å². The second kappa shape index (κ2) is 13.9. The number of halogens is 4. The van der Waals surface area contributed by atoms with Gasteiger partial charge in [-0.2, -0.15) is 14.3 Å². The van der Waals surface area contributed by atoms with Gasteiger partial charge < -0.3 is 15.5 Å². The number of hydrogen-bond acceptors (Lipinski definition) is 10. The molecule has 0 saturated heterocycles. The summed E-state index contributed by atoms with van der Waals surface area (Å²) in [6.07, 6.45) is 7.21. The van der Waals surface area contributed by atoms with Gasteiger partial charge in [-0.15, -0.1) is 0 Å². The summed E-state index contributed by atoms with van der Waals surface area (Å²) in [6.45, 7) is -0.154. The number of nitrogens with zero attached hydrogens (tertiary/aromatic N) is 8. The highest BCUT2D eigenvalue weighted by molar-refractivity contribution is 7.90. The molecule has 0 aromatic carbocycles. The summed E-state index contributed by atoms with van der Waals surface area (Å²) in [7, 11) is -1.81. The fourth-order valence-corrected chi connectivity index (χ4v) is 7.31. The maximum atomic E-state index is 13.0. The van der Waals surface area contributed by atoms with Gasteiger partial charge in [-0.3, -0.25) is 4.68 Å². The van der Waals surface area contributed by atoms with Crippen LogP contribution in [-0.2, 0) is 16.6 Å². The summed E-state index contributed by atoms with van der Waals surface area (Å²) >= 11 is 0. The van der Waals surface area contributed by atoms with Crippen molar-refractivity contribution in [2.75, 3.05) is 30.8 Å². The van der Waals surface area contributed by atoms with Gasteiger partial charge in [0.05, 0.1) is 35.4 Å². The van der Waals surface area contributed by atoms with E-state index in [1.807, 2.05) is 0 Å². The Kier molecular flexibility index (Phi) is 9.72. The van der Waals surface area contributed by atoms with E-state index >= 15 is 0 Å². The number of nitrogens with one attached hydrogen (secondary N) is 2. The van der Waals surface area contributed by atoms with Crippen molar-refractivity contribution in [1.29, 1.82) is 0 Å². The van der Waals surface area contributed by atoms with Crippen LogP contribution in [0.5, 0.6) is 0 Å². The van der Waals surface area contributed by atoms with E-state index in [-0.39, 0.29) is 18.4 Å². The largest absolute Gasteiger partial charge is 0.382 e. The van der Waals surface area contributed by atoms with Gasteiger partial charge in [0.1, 0.15) is 18.2 Å². The first-order chi connectivity index (χ1) is 22.5. The molecule has 0 aliphatic heterocycles. The molecular formula is C30H36F4N10O2S. The topological polar surface area (TPSA) is 136 Å². The molecule has 47 heavy (non-hydrogen) atoms. The molecule has 0 bridgehead atoms. The summed E-state index contributed by atoms with van der Waals surface area (Å²) in [6, 6.07) is 5.20. The van der Waals surface area contributed by atoms with Crippen LogP contribution < -0.4 is 10.6 Å². The van der Waals surface area contributed by atoms with Gasteiger partial charge in [0.25, 0.3) is 22.9 Å². The highest BCUT2D eigenvalue weighted by atomic mass is 32.2. The number of hydrogen-bond donors (Lipinski definition) is 2. The lowest BCUT2D eigenvalue weighted by Gasteiger charge is -2.32. The van der Waals surface area contributed by atoms with E-state index in [0.717, 1.165) is 29.8 Å². The Morgan fingerprint density at radius 2 is 1.79 bits per heavy atom. The maximum Gasteiger partial charge on any atom is 0.257 e. The van der Waals surface area contributed by atoms with Crippen molar-refractivity contribution in [3.63, 3.8) is 0 Å². The quantitative estimate of drug-likeness (QED) is 0.173. The zero-order valence-electron chi connectivity index (χ0n) is 25.7. The Bertz CT molecular complexity index is 1770. The van der Waals surface area contributed by atoms with Crippen LogP contribution in [0.2, 0.25) is 0 Å². The molecule has 4 aromatic heterocycles. The Hall–Kier alpha value is -4.12. The zero-order chi connectivity index (χ0) is 33.1. The van der Waals surface area contributed by atoms with Gasteiger partial charge >= 0.3 is 0 Å². The Balaban J connectivity index is 1.19. The van der Waals surface area contributed by atoms with Crippen LogP contribution in [0.4, 0.5) is 34.9 Å². The minimum Gasteiger partial charge on any atom is -0.382 e. The van der Waals surface area contributed by atoms with Crippen LogP contribution in [0.25, 0.3) is 22.6 Å². The first-order valence-corrected chi connectivity index (χ1v) is 17.0. The molecule has 2 N–H and O–H groups in total. The number of anilines is 3. The van der Waals surface area contributed by atoms with Gasteiger partial charge in [0.2, 0.25) is 0 Å². The Morgan fingerprint density at radius 3 is 2.51 bits per heavy atom. The average molecular weight is 677 g/mol. The van der Waals surface area contributed by atoms with Gasteiger partial charge in [-0.1, -0.05) is 0 Å². The summed E-state index contributed by atoms with van der Waals surface area (Å²) in [5, 5.41) is 14.7. The fraction of sp³-hybridized carbons (Fsp3) is 0.500. The van der Waals surface area contributed by atoms with Gasteiger partial charge in [-0.05, 0) is 63.6 Å². The van der Waals surface area contributed by atoms with Crippen molar-refractivity contribution in [3.8, 4) is 22.6 Å². The third-order valence-electron chi connectivity index (χ3n) is 8.31. The molecule has 6 rings (SSSR count). The normalized spacial score (nSPS) is 18.7. The monoisotopic (exact) mass is 676 g/mol. The number of aromatic nitrogens is 7. The van der Waals surface area contributed by atoms with E-state index in [9.17, 15) is 26.0 Å². The Labute approximate surface area is 269 Å². The summed E-state index contributed by atoms with van der Waals surface area (Å²) in [5.74, 6) is 1.46. The van der Waals surface area contributed by atoms with Crippen molar-refractivity contribution >= 4 is 27.3 Å². The lowest BCUT2D eigenvalue weighted by Crippen LogP contribution is -2.34. The standard InChI is InChI=1S/C30H36F4N10O2S/c1-42(17-26(31)32)15-19-2-4-21(5-3-19)38-25-12-29(36-14-23(25)24-9-11-43(41-24)18-27(33)34)39-28-8-10-35-30(40-28)20-13-37-44(16-20)47(45,46)22-6-7-22/h8-14,16,19,21-22,26-27H,2-7,15,17-18H2,1H3,(H2,35,36,38,39,40). The smallest absolute Gasteiger partial charge is 0.257 e. The van der Waals surface area contributed by atoms with Gasteiger partial charge in [0.15, 0.2) is 5.82 Å². The second-order valence-corrected chi connectivity index (χ2v) is 14.2. The van der Waals surface area contributed by atoms with Crippen LogP contribution in [0.1, 0.15) is 38.5 Å². The maximum absolute atomic E-state index is 13.0. The lowest BCUT2D eigenvalue weighted by molar-refractivity contribution is 0.0890. The Morgan fingerprint density at radius 1 is 1.00 bits per heavy atom. The lowest BCUT2D eigenvalue weighted by atomic mass is 9.85. The van der Waals surface area contributed by atoms with Crippen LogP contribution in [0.3, 0.4) is 0 Å². The van der Waals surface area contributed by atoms with E-state index in [0.29, 0.717) is 59.4 Å². The van der Waals surface area contributed by atoms with E-state index in [4.69, 9.17) is 0 Å². The molecule has 17 heteroatoms. The SMILES string of the molecule is CN(CC(F)F)CC1CCC(Nc2cc(Nc3ccnc(-c4cnn(S(=O)(=O)C5CC5)c4)n3)ncc2-c2ccn(CC(F)F)n2)CC1. The summed E-state index contributed by atoms with van der Waals surface area (Å²) < 4.78 is 78.9. The predicted molar refractivity (Wildman–Crippen MR) is 168 cm³/mol. The molecule has 0 spiro atoms. The second-order valence-electron chi connectivity index (χ2n) is 12.1. The van der Waals surface area contributed by atoms with E-state index < -0.39 is 34.7 Å². The molecule has 0 unspecified atom stereocenters. The molecule has 2 aliphatic rings. The minimum atomic E-state index is -3.53. The van der Waals surface area contributed by atoms with Crippen molar-refractivity contribution in [2.45, 2.75) is 69.2 Å². The molecule has 252 valence electrons. The van der Waals surface area contributed by atoms with Crippen LogP contribution in [-0.4, -0.2) is 91.5 Å². The van der Waals surface area contributed by atoms with E-state index in [1.165, 1.54) is 29.5 Å². The predicted octanol–water partition coefficient (Wildman–Crippen LogP) is 5.12. The van der Waals surface area contributed by atoms with Crippen molar-refractivity contribution < 1.29 is 26.0 Å². The average Bonchev–Trinajstić information content (AvgIpc) is 3.59. The molecule has 0 atom stereocenters. The molecule has 0 radical (unpaired) electrons. The minimum absolute atomic E-state index is 0.0953. The summed E-state index contributed by atoms with van der Waals surface area (Å²) in [4.78, 5) is 15.0. The highest BCUT2D eigenvalue weighted by Gasteiger charge is 2.37. The number of rotatable bonds is 14. The first kappa shape index (κ1) is 32.8. The molecular weight excluding hydrogens is 640 g/mol. The first-order valence-electron chi connectivity index (χ1n) is 15.5. The number of pyridine rings is 1. The molecule has 2 saturated carbocycles. The molecule has 4 heterocycles. The van der Waals surface area contributed by atoms with Crippen molar-refractivity contribution in [3.05, 3.63) is 49.2 Å². The molecule has 0 amide bonds. The third kappa shape index (κ3) is 8.25. The number of alkyl halides is 4. The fourth-order valence-electron chi connectivity index (χ4n) is 5.83.